The van der Waals surface area contributed by atoms with Crippen LogP contribution < -0.4 is 10.9 Å². The summed E-state index contributed by atoms with van der Waals surface area (Å²) < 4.78 is 3.10. The molecule has 0 aliphatic carbocycles. The summed E-state index contributed by atoms with van der Waals surface area (Å²) in [5.74, 6) is -0.00230. The number of amides is 1. The molecule has 1 amide bonds. The molecule has 3 aromatic rings. The zero-order valence-corrected chi connectivity index (χ0v) is 15.5. The number of hydrogen-bond donors (Lipinski definition) is 2. The highest BCUT2D eigenvalue weighted by molar-refractivity contribution is 5.90. The van der Waals surface area contributed by atoms with Gasteiger partial charge in [0.25, 0.3) is 5.56 Å². The molecule has 1 aromatic carbocycles. The molecule has 3 rings (SSSR count). The lowest BCUT2D eigenvalue weighted by Crippen LogP contribution is -2.28. The summed E-state index contributed by atoms with van der Waals surface area (Å²) in [5, 5.41) is 16.7. The van der Waals surface area contributed by atoms with Crippen molar-refractivity contribution in [3.05, 3.63) is 75.8 Å². The van der Waals surface area contributed by atoms with E-state index in [1.165, 1.54) is 10.6 Å². The Morgan fingerprint density at radius 1 is 1.22 bits per heavy atom. The van der Waals surface area contributed by atoms with Gasteiger partial charge in [0.05, 0.1) is 6.04 Å². The van der Waals surface area contributed by atoms with Gasteiger partial charge in [0.2, 0.25) is 5.91 Å². The zero-order chi connectivity index (χ0) is 19.6. The van der Waals surface area contributed by atoms with Crippen LogP contribution in [0, 0.1) is 13.8 Å². The molecule has 0 saturated heterocycles. The van der Waals surface area contributed by atoms with Crippen molar-refractivity contribution in [1.82, 2.24) is 14.3 Å². The Labute approximate surface area is 156 Å². The van der Waals surface area contributed by atoms with Crippen molar-refractivity contribution in [2.45, 2.75) is 33.4 Å². The van der Waals surface area contributed by atoms with E-state index in [0.717, 1.165) is 17.2 Å². The van der Waals surface area contributed by atoms with Crippen molar-refractivity contribution in [1.29, 1.82) is 0 Å². The van der Waals surface area contributed by atoms with E-state index in [9.17, 15) is 14.7 Å². The average Bonchev–Trinajstić information content (AvgIpc) is 2.98. The molecule has 0 bridgehead atoms. The highest BCUT2D eigenvalue weighted by atomic mass is 16.3. The Bertz CT molecular complexity index is 1020. The number of benzene rings is 1. The van der Waals surface area contributed by atoms with Crippen LogP contribution in [0.3, 0.4) is 0 Å². The van der Waals surface area contributed by atoms with Gasteiger partial charge < -0.3 is 15.0 Å². The summed E-state index contributed by atoms with van der Waals surface area (Å²) in [5.41, 5.74) is 2.03. The van der Waals surface area contributed by atoms with Crippen LogP contribution in [0.15, 0.2) is 53.5 Å². The quantitative estimate of drug-likeness (QED) is 0.726. The van der Waals surface area contributed by atoms with Gasteiger partial charge in [0.15, 0.2) is 5.82 Å². The van der Waals surface area contributed by atoms with Gasteiger partial charge in [0.1, 0.15) is 12.3 Å². The molecule has 2 heterocycles. The highest BCUT2D eigenvalue weighted by Crippen LogP contribution is 2.21. The van der Waals surface area contributed by atoms with Gasteiger partial charge in [0, 0.05) is 23.5 Å². The van der Waals surface area contributed by atoms with E-state index >= 15 is 0 Å². The maximum Gasteiger partial charge on any atom is 0.254 e. The Hall–Kier alpha value is -3.35. The Balaban J connectivity index is 1.76. The smallest absolute Gasteiger partial charge is 0.254 e. The molecule has 0 aliphatic rings. The number of anilines is 1. The van der Waals surface area contributed by atoms with E-state index < -0.39 is 5.56 Å². The molecule has 27 heavy (non-hydrogen) atoms. The van der Waals surface area contributed by atoms with Crippen LogP contribution in [0.4, 0.5) is 5.82 Å². The number of nitrogens with one attached hydrogen (secondary N) is 1. The Morgan fingerprint density at radius 3 is 2.59 bits per heavy atom. The van der Waals surface area contributed by atoms with Crippen molar-refractivity contribution in [2.75, 3.05) is 5.32 Å². The summed E-state index contributed by atoms with van der Waals surface area (Å²) in [6.07, 6.45) is 1.88. The summed E-state index contributed by atoms with van der Waals surface area (Å²) in [6.45, 7) is 5.42. The Morgan fingerprint density at radius 2 is 1.93 bits per heavy atom. The number of rotatable bonds is 5. The molecule has 0 radical (unpaired) electrons. The van der Waals surface area contributed by atoms with Crippen molar-refractivity contribution in [3.8, 4) is 5.75 Å². The Kier molecular flexibility index (Phi) is 5.12. The van der Waals surface area contributed by atoms with E-state index in [4.69, 9.17) is 0 Å². The van der Waals surface area contributed by atoms with Crippen LogP contribution in [0.1, 0.15) is 29.8 Å². The predicted molar refractivity (Wildman–Crippen MR) is 103 cm³/mol. The molecule has 1 atom stereocenters. The highest BCUT2D eigenvalue weighted by Gasteiger charge is 2.15. The molecule has 0 unspecified atom stereocenters. The van der Waals surface area contributed by atoms with Gasteiger partial charge in [-0.1, -0.05) is 30.3 Å². The number of aromatic hydroxyl groups is 1. The lowest BCUT2D eigenvalue weighted by Gasteiger charge is -2.12. The van der Waals surface area contributed by atoms with E-state index in [1.54, 1.807) is 11.6 Å². The van der Waals surface area contributed by atoms with Crippen LogP contribution in [-0.4, -0.2) is 25.4 Å². The monoisotopic (exact) mass is 366 g/mol. The molecule has 0 aliphatic heterocycles. The van der Waals surface area contributed by atoms with Crippen molar-refractivity contribution in [2.24, 2.45) is 0 Å². The molecule has 0 spiro atoms. The maximum atomic E-state index is 12.4. The second kappa shape index (κ2) is 7.49. The number of hydrogen-bond acceptors (Lipinski definition) is 4. The predicted octanol–water partition coefficient (Wildman–Crippen LogP) is 2.62. The molecule has 2 N–H and O–H groups in total. The number of aromatic nitrogens is 3. The van der Waals surface area contributed by atoms with Gasteiger partial charge in [-0.25, -0.2) is 0 Å². The number of aryl methyl sites for hydroxylation is 2. The largest absolute Gasteiger partial charge is 0.508 e. The van der Waals surface area contributed by atoms with Gasteiger partial charge in [-0.2, -0.15) is 5.10 Å². The fourth-order valence-corrected chi connectivity index (χ4v) is 2.92. The normalized spacial score (nSPS) is 12.0. The molecule has 7 heteroatoms. The van der Waals surface area contributed by atoms with Crippen LogP contribution in [0.25, 0.3) is 0 Å². The second-order valence-electron chi connectivity index (χ2n) is 6.55. The molecular weight excluding hydrogens is 344 g/mol. The first-order chi connectivity index (χ1) is 12.8. The van der Waals surface area contributed by atoms with Gasteiger partial charge in [-0.15, -0.1) is 0 Å². The number of nitrogens with zero attached hydrogens (tertiary/aromatic N) is 3. The maximum absolute atomic E-state index is 12.4. The first-order valence-corrected chi connectivity index (χ1v) is 8.66. The second-order valence-corrected chi connectivity index (χ2v) is 6.55. The van der Waals surface area contributed by atoms with Gasteiger partial charge in [-0.05, 0) is 32.4 Å². The van der Waals surface area contributed by atoms with Crippen LogP contribution in [0.5, 0.6) is 5.75 Å². The van der Waals surface area contributed by atoms with E-state index in [-0.39, 0.29) is 24.2 Å². The minimum atomic E-state index is -0.428. The van der Waals surface area contributed by atoms with Crippen molar-refractivity contribution >= 4 is 11.7 Å². The zero-order valence-electron chi connectivity index (χ0n) is 15.5. The van der Waals surface area contributed by atoms with Gasteiger partial charge >= 0.3 is 0 Å². The fraction of sp³-hybridized carbons (Fsp3) is 0.250. The topological polar surface area (TPSA) is 89.2 Å². The summed E-state index contributed by atoms with van der Waals surface area (Å²) >= 11 is 0. The lowest BCUT2D eigenvalue weighted by atomic mass is 10.1. The SMILES string of the molecule is Cc1cn([C@H](C)c2ccccc2)nc1NC(=O)Cn1c(C)cc(O)cc1=O. The van der Waals surface area contributed by atoms with Crippen molar-refractivity contribution in [3.63, 3.8) is 0 Å². The molecule has 140 valence electrons. The summed E-state index contributed by atoms with van der Waals surface area (Å²) in [7, 11) is 0. The van der Waals surface area contributed by atoms with Crippen LogP contribution in [-0.2, 0) is 11.3 Å². The summed E-state index contributed by atoms with van der Waals surface area (Å²) in [4.78, 5) is 24.4. The molecule has 0 saturated carbocycles. The summed E-state index contributed by atoms with van der Waals surface area (Å²) in [6, 6.07) is 12.5. The minimum absolute atomic E-state index is 0.0255. The minimum Gasteiger partial charge on any atom is -0.508 e. The number of carbonyl (C=O) groups excluding carboxylic acids is 1. The first kappa shape index (κ1) is 18.4. The third-order valence-corrected chi connectivity index (χ3v) is 4.47. The molecule has 2 aromatic heterocycles. The third kappa shape index (κ3) is 4.08. The average molecular weight is 366 g/mol. The van der Waals surface area contributed by atoms with E-state index in [0.29, 0.717) is 11.5 Å². The standard InChI is InChI=1S/C20H22N4O3/c1-13-11-24(15(3)16-7-5-4-6-8-16)22-20(13)21-18(26)12-23-14(2)9-17(25)10-19(23)27/h4-11,15,25H,12H2,1-3H3,(H,21,22,26)/t15-/m1/s1. The van der Waals surface area contributed by atoms with Crippen LogP contribution in [0.2, 0.25) is 0 Å². The van der Waals surface area contributed by atoms with E-state index in [1.807, 2.05) is 50.4 Å². The van der Waals surface area contributed by atoms with Crippen LogP contribution >= 0.6 is 0 Å². The van der Waals surface area contributed by atoms with Crippen molar-refractivity contribution < 1.29 is 9.90 Å². The van der Waals surface area contributed by atoms with Gasteiger partial charge in [-0.3, -0.25) is 14.3 Å². The molecular formula is C20H22N4O3. The molecule has 0 fully saturated rings. The number of carbonyl (C=O) groups is 1. The number of pyridine rings is 1. The third-order valence-electron chi connectivity index (χ3n) is 4.47. The first-order valence-electron chi connectivity index (χ1n) is 8.66. The van der Waals surface area contributed by atoms with E-state index in [2.05, 4.69) is 10.4 Å². The fourth-order valence-electron chi connectivity index (χ4n) is 2.92. The molecule has 7 nitrogen and oxygen atoms in total. The lowest BCUT2D eigenvalue weighted by molar-refractivity contribution is -0.116.